The highest BCUT2D eigenvalue weighted by atomic mass is 35.5. The Morgan fingerprint density at radius 2 is 2.27 bits per heavy atom. The van der Waals surface area contributed by atoms with Crippen LogP contribution >= 0.6 is 23.4 Å². The minimum absolute atomic E-state index is 0.171. The molecule has 1 saturated heterocycles. The van der Waals surface area contributed by atoms with E-state index in [0.29, 0.717) is 5.25 Å². The number of amides is 3. The summed E-state index contributed by atoms with van der Waals surface area (Å²) < 4.78 is 0. The number of hydrogen-bond acceptors (Lipinski definition) is 3. The molecule has 2 atom stereocenters. The van der Waals surface area contributed by atoms with Crippen molar-refractivity contribution in [3.63, 3.8) is 0 Å². The van der Waals surface area contributed by atoms with Crippen LogP contribution in [-0.2, 0) is 4.79 Å². The van der Waals surface area contributed by atoms with E-state index >= 15 is 0 Å². The Hall–Kier alpha value is -0.420. The summed E-state index contributed by atoms with van der Waals surface area (Å²) in [6.07, 6.45) is 1.13. The van der Waals surface area contributed by atoms with Crippen LogP contribution in [0.4, 0.5) is 4.79 Å². The fourth-order valence-electron chi connectivity index (χ4n) is 1.41. The lowest BCUT2D eigenvalue weighted by molar-refractivity contribution is -0.119. The quantitative estimate of drug-likeness (QED) is 0.743. The van der Waals surface area contributed by atoms with Gasteiger partial charge in [0.2, 0.25) is 5.91 Å². The van der Waals surface area contributed by atoms with E-state index in [-0.39, 0.29) is 24.2 Å². The zero-order valence-electron chi connectivity index (χ0n) is 8.59. The summed E-state index contributed by atoms with van der Waals surface area (Å²) in [7, 11) is 0. The summed E-state index contributed by atoms with van der Waals surface area (Å²) in [6.45, 7) is 2.13. The van der Waals surface area contributed by atoms with Gasteiger partial charge in [-0.25, -0.2) is 4.79 Å². The van der Waals surface area contributed by atoms with E-state index < -0.39 is 6.03 Å². The number of carbonyl (C=O) groups excluding carboxylic acids is 2. The second kappa shape index (κ2) is 6.23. The fraction of sp³-hybridized carbons (Fsp3) is 0.778. The number of halogens is 1. The van der Waals surface area contributed by atoms with Crippen LogP contribution in [0.5, 0.6) is 0 Å². The highest BCUT2D eigenvalue weighted by Gasteiger charge is 2.23. The SMILES string of the molecule is CC1CC(NC(=O)NC(=O)CCCl)CS1. The Morgan fingerprint density at radius 1 is 1.53 bits per heavy atom. The second-order valence-corrected chi connectivity index (χ2v) is 5.39. The molecule has 0 saturated carbocycles. The first-order valence-corrected chi connectivity index (χ1v) is 6.48. The van der Waals surface area contributed by atoms with Gasteiger partial charge < -0.3 is 5.32 Å². The molecule has 1 rings (SSSR count). The minimum Gasteiger partial charge on any atom is -0.334 e. The van der Waals surface area contributed by atoms with Crippen molar-refractivity contribution in [3.05, 3.63) is 0 Å². The van der Waals surface area contributed by atoms with E-state index in [1.54, 1.807) is 0 Å². The molecule has 0 radical (unpaired) electrons. The van der Waals surface area contributed by atoms with Gasteiger partial charge in [-0.05, 0) is 6.42 Å². The number of alkyl halides is 1. The molecular formula is C9H15ClN2O2S. The zero-order valence-corrected chi connectivity index (χ0v) is 10.2. The predicted molar refractivity (Wildman–Crippen MR) is 62.3 cm³/mol. The molecule has 2 N–H and O–H groups in total. The van der Waals surface area contributed by atoms with E-state index in [2.05, 4.69) is 17.6 Å². The maximum atomic E-state index is 11.3. The van der Waals surface area contributed by atoms with Crippen LogP contribution in [0.25, 0.3) is 0 Å². The summed E-state index contributed by atoms with van der Waals surface area (Å²) in [6, 6.07) is -0.237. The van der Waals surface area contributed by atoms with E-state index in [9.17, 15) is 9.59 Å². The highest BCUT2D eigenvalue weighted by molar-refractivity contribution is 8.00. The van der Waals surface area contributed by atoms with Gasteiger partial charge in [-0.15, -0.1) is 11.6 Å². The first-order chi connectivity index (χ1) is 7.11. The molecule has 0 bridgehead atoms. The highest BCUT2D eigenvalue weighted by Crippen LogP contribution is 2.25. The summed E-state index contributed by atoms with van der Waals surface area (Å²) in [5.41, 5.74) is 0. The van der Waals surface area contributed by atoms with Crippen molar-refractivity contribution in [1.82, 2.24) is 10.6 Å². The standard InChI is InChI=1S/C9H15ClN2O2S/c1-6-4-7(5-15-6)11-9(14)12-8(13)2-3-10/h6-7H,2-5H2,1H3,(H2,11,12,13,14). The van der Waals surface area contributed by atoms with Gasteiger partial charge in [0.05, 0.1) is 0 Å². The smallest absolute Gasteiger partial charge is 0.321 e. The molecule has 1 heterocycles. The summed E-state index contributed by atoms with van der Waals surface area (Å²) in [4.78, 5) is 22.3. The third kappa shape index (κ3) is 4.75. The molecule has 15 heavy (non-hydrogen) atoms. The molecule has 1 fully saturated rings. The van der Waals surface area contributed by atoms with Crippen molar-refractivity contribution in [1.29, 1.82) is 0 Å². The normalized spacial score (nSPS) is 24.9. The number of thioether (sulfide) groups is 1. The van der Waals surface area contributed by atoms with Crippen molar-refractivity contribution >= 4 is 35.3 Å². The lowest BCUT2D eigenvalue weighted by atomic mass is 10.2. The molecule has 0 spiro atoms. The third-order valence-corrected chi connectivity index (χ3v) is 3.65. The van der Waals surface area contributed by atoms with E-state index in [1.807, 2.05) is 11.8 Å². The maximum Gasteiger partial charge on any atom is 0.321 e. The first-order valence-electron chi connectivity index (χ1n) is 4.89. The molecule has 2 unspecified atom stereocenters. The molecule has 0 aromatic rings. The number of carbonyl (C=O) groups is 2. The molecule has 0 aromatic heterocycles. The van der Waals surface area contributed by atoms with Gasteiger partial charge in [0, 0.05) is 29.3 Å². The average Bonchev–Trinajstić information content (AvgIpc) is 2.51. The Balaban J connectivity index is 2.21. The Labute approximate surface area is 98.5 Å². The fourth-order valence-corrected chi connectivity index (χ4v) is 2.73. The van der Waals surface area contributed by atoms with Gasteiger partial charge in [0.1, 0.15) is 0 Å². The van der Waals surface area contributed by atoms with Gasteiger partial charge in [0.15, 0.2) is 0 Å². The van der Waals surface area contributed by atoms with Gasteiger partial charge in [-0.1, -0.05) is 6.92 Å². The lowest BCUT2D eigenvalue weighted by Gasteiger charge is -2.11. The Bertz CT molecular complexity index is 250. The monoisotopic (exact) mass is 250 g/mol. The van der Waals surface area contributed by atoms with Crippen LogP contribution in [0.3, 0.4) is 0 Å². The predicted octanol–water partition coefficient (Wildman–Crippen LogP) is 1.34. The average molecular weight is 251 g/mol. The van der Waals surface area contributed by atoms with Crippen LogP contribution in [-0.4, -0.2) is 34.9 Å². The van der Waals surface area contributed by atoms with Gasteiger partial charge in [-0.3, -0.25) is 10.1 Å². The van der Waals surface area contributed by atoms with Crippen LogP contribution in [0.1, 0.15) is 19.8 Å². The molecule has 6 heteroatoms. The molecular weight excluding hydrogens is 236 g/mol. The minimum atomic E-state index is -0.412. The third-order valence-electron chi connectivity index (χ3n) is 2.11. The Kier molecular flexibility index (Phi) is 5.25. The number of urea groups is 1. The number of hydrogen-bond donors (Lipinski definition) is 2. The Morgan fingerprint density at radius 3 is 2.80 bits per heavy atom. The van der Waals surface area contributed by atoms with Crippen LogP contribution in [0, 0.1) is 0 Å². The summed E-state index contributed by atoms with van der Waals surface area (Å²) in [5.74, 6) is 0.814. The number of nitrogens with one attached hydrogen (secondary N) is 2. The van der Waals surface area contributed by atoms with Crippen LogP contribution in [0.15, 0.2) is 0 Å². The number of rotatable bonds is 3. The van der Waals surface area contributed by atoms with E-state index in [1.165, 1.54) is 0 Å². The van der Waals surface area contributed by atoms with Crippen molar-refractivity contribution in [3.8, 4) is 0 Å². The van der Waals surface area contributed by atoms with Crippen molar-refractivity contribution in [2.75, 3.05) is 11.6 Å². The van der Waals surface area contributed by atoms with E-state index in [4.69, 9.17) is 11.6 Å². The van der Waals surface area contributed by atoms with E-state index in [0.717, 1.165) is 12.2 Å². The molecule has 4 nitrogen and oxygen atoms in total. The molecule has 1 aliphatic heterocycles. The second-order valence-electron chi connectivity index (χ2n) is 3.54. The van der Waals surface area contributed by atoms with Crippen molar-refractivity contribution in [2.24, 2.45) is 0 Å². The van der Waals surface area contributed by atoms with Crippen LogP contribution < -0.4 is 10.6 Å². The molecule has 86 valence electrons. The topological polar surface area (TPSA) is 58.2 Å². The van der Waals surface area contributed by atoms with Crippen molar-refractivity contribution in [2.45, 2.75) is 31.1 Å². The largest absolute Gasteiger partial charge is 0.334 e. The van der Waals surface area contributed by atoms with Crippen molar-refractivity contribution < 1.29 is 9.59 Å². The summed E-state index contributed by atoms with van der Waals surface area (Å²) in [5, 5.41) is 5.58. The molecule has 1 aliphatic rings. The number of imide groups is 1. The zero-order chi connectivity index (χ0) is 11.3. The molecule has 0 aromatic carbocycles. The summed E-state index contributed by atoms with van der Waals surface area (Å²) >= 11 is 7.20. The molecule has 0 aliphatic carbocycles. The first kappa shape index (κ1) is 12.6. The van der Waals surface area contributed by atoms with Gasteiger partial charge in [-0.2, -0.15) is 11.8 Å². The molecule has 3 amide bonds. The van der Waals surface area contributed by atoms with Crippen LogP contribution in [0.2, 0.25) is 0 Å². The lowest BCUT2D eigenvalue weighted by Crippen LogP contribution is -2.44. The van der Waals surface area contributed by atoms with Gasteiger partial charge in [0.25, 0.3) is 0 Å². The maximum absolute atomic E-state index is 11.3. The van der Waals surface area contributed by atoms with Gasteiger partial charge >= 0.3 is 6.03 Å².